The van der Waals surface area contributed by atoms with E-state index in [0.717, 1.165) is 32.4 Å². The smallest absolute Gasteiger partial charge is 0.237 e. The third-order valence-corrected chi connectivity index (χ3v) is 7.38. The molecular formula is C20H26N2O3S. The molecule has 1 aliphatic carbocycles. The molecule has 4 rings (SSSR count). The Hall–Kier alpha value is -1.66. The molecule has 0 aromatic heterocycles. The van der Waals surface area contributed by atoms with Crippen LogP contribution in [0.3, 0.4) is 0 Å². The highest BCUT2D eigenvalue weighted by Crippen LogP contribution is 2.32. The van der Waals surface area contributed by atoms with Gasteiger partial charge in [0.25, 0.3) is 0 Å². The van der Waals surface area contributed by atoms with E-state index in [1.165, 1.54) is 11.1 Å². The Bertz CT molecular complexity index is 800. The molecule has 1 saturated carbocycles. The lowest BCUT2D eigenvalue weighted by molar-refractivity contribution is -0.134. The maximum atomic E-state index is 12.9. The Balaban J connectivity index is 1.38. The minimum Gasteiger partial charge on any atom is -0.335 e. The van der Waals surface area contributed by atoms with E-state index < -0.39 is 9.84 Å². The topological polar surface area (TPSA) is 57.7 Å². The number of carbonyl (C=O) groups is 1. The average Bonchev–Trinajstić information content (AvgIpc) is 3.39. The zero-order valence-electron chi connectivity index (χ0n) is 15.0. The van der Waals surface area contributed by atoms with Crippen LogP contribution in [0.1, 0.15) is 31.2 Å². The number of hydrogen-bond acceptors (Lipinski definition) is 4. The molecule has 5 nitrogen and oxygen atoms in total. The number of amides is 1. The van der Waals surface area contributed by atoms with Crippen LogP contribution in [0.15, 0.2) is 36.4 Å². The summed E-state index contributed by atoms with van der Waals surface area (Å²) in [7, 11) is -2.97. The molecule has 0 N–H and O–H groups in total. The van der Waals surface area contributed by atoms with Crippen molar-refractivity contribution in [1.82, 2.24) is 9.80 Å². The molecule has 6 heteroatoms. The van der Waals surface area contributed by atoms with Gasteiger partial charge in [-0.2, -0.15) is 0 Å². The van der Waals surface area contributed by atoms with Gasteiger partial charge in [0, 0.05) is 25.2 Å². The van der Waals surface area contributed by atoms with E-state index in [1.54, 1.807) is 0 Å². The predicted octanol–water partition coefficient (Wildman–Crippen LogP) is 1.95. The fourth-order valence-corrected chi connectivity index (χ4v) is 5.81. The third-order valence-electron chi connectivity index (χ3n) is 5.63. The molecule has 1 saturated heterocycles. The summed E-state index contributed by atoms with van der Waals surface area (Å²) in [6.45, 7) is 2.04. The molecule has 0 unspecified atom stereocenters. The van der Waals surface area contributed by atoms with Gasteiger partial charge < -0.3 is 4.90 Å². The van der Waals surface area contributed by atoms with Crippen molar-refractivity contribution in [2.24, 2.45) is 0 Å². The predicted molar refractivity (Wildman–Crippen MR) is 102 cm³/mol. The zero-order chi connectivity index (χ0) is 18.1. The van der Waals surface area contributed by atoms with Crippen LogP contribution in [0.4, 0.5) is 0 Å². The first-order chi connectivity index (χ1) is 12.5. The highest BCUT2D eigenvalue weighted by Gasteiger charge is 2.42. The summed E-state index contributed by atoms with van der Waals surface area (Å²) < 4.78 is 23.6. The maximum Gasteiger partial charge on any atom is 0.237 e. The average molecular weight is 375 g/mol. The standard InChI is InChI=1S/C20H26N2O3S/c23-20(22(18-6-7-18)19-10-13-26(24,25)15-19)14-21-11-8-17(9-12-21)16-4-2-1-3-5-16/h1-5,8,18-19H,6-7,9-15H2/t19-/m1/s1. The van der Waals surface area contributed by atoms with Crippen molar-refractivity contribution in [1.29, 1.82) is 0 Å². The molecule has 26 heavy (non-hydrogen) atoms. The van der Waals surface area contributed by atoms with Gasteiger partial charge in [0.1, 0.15) is 0 Å². The fraction of sp³-hybridized carbons (Fsp3) is 0.550. The van der Waals surface area contributed by atoms with Gasteiger partial charge in [-0.15, -0.1) is 0 Å². The summed E-state index contributed by atoms with van der Waals surface area (Å²) in [5.74, 6) is 0.472. The molecule has 0 spiro atoms. The van der Waals surface area contributed by atoms with Crippen LogP contribution in [0.2, 0.25) is 0 Å². The van der Waals surface area contributed by atoms with E-state index in [2.05, 4.69) is 35.2 Å². The minimum atomic E-state index is -2.97. The third kappa shape index (κ3) is 4.01. The first-order valence-corrected chi connectivity index (χ1v) is 11.3. The Morgan fingerprint density at radius 2 is 1.88 bits per heavy atom. The molecule has 1 aromatic carbocycles. The number of sulfone groups is 1. The lowest BCUT2D eigenvalue weighted by atomic mass is 9.99. The SMILES string of the molecule is O=C(CN1CC=C(c2ccccc2)CC1)N(C1CC1)[C@@H]1CCS(=O)(=O)C1. The van der Waals surface area contributed by atoms with Crippen molar-refractivity contribution in [3.8, 4) is 0 Å². The van der Waals surface area contributed by atoms with Crippen LogP contribution < -0.4 is 0 Å². The molecule has 1 atom stereocenters. The second-order valence-corrected chi connectivity index (χ2v) is 9.90. The van der Waals surface area contributed by atoms with Crippen molar-refractivity contribution in [3.63, 3.8) is 0 Å². The van der Waals surface area contributed by atoms with Gasteiger partial charge in [0.2, 0.25) is 5.91 Å². The molecule has 2 fully saturated rings. The van der Waals surface area contributed by atoms with E-state index in [-0.39, 0.29) is 29.5 Å². The molecule has 1 amide bonds. The van der Waals surface area contributed by atoms with Crippen LogP contribution >= 0.6 is 0 Å². The Morgan fingerprint density at radius 1 is 1.12 bits per heavy atom. The van der Waals surface area contributed by atoms with Gasteiger partial charge >= 0.3 is 0 Å². The van der Waals surface area contributed by atoms with Crippen molar-refractivity contribution in [3.05, 3.63) is 42.0 Å². The molecule has 2 heterocycles. The number of carbonyl (C=O) groups excluding carboxylic acids is 1. The van der Waals surface area contributed by atoms with Crippen molar-refractivity contribution < 1.29 is 13.2 Å². The van der Waals surface area contributed by atoms with Crippen LogP contribution in [0.5, 0.6) is 0 Å². The van der Waals surface area contributed by atoms with E-state index in [4.69, 9.17) is 0 Å². The molecule has 0 bridgehead atoms. The number of rotatable bonds is 5. The van der Waals surface area contributed by atoms with Gasteiger partial charge in [0.05, 0.1) is 18.1 Å². The quantitative estimate of drug-likeness (QED) is 0.791. The summed E-state index contributed by atoms with van der Waals surface area (Å²) in [5.41, 5.74) is 2.60. The van der Waals surface area contributed by atoms with E-state index >= 15 is 0 Å². The zero-order valence-corrected chi connectivity index (χ0v) is 15.8. The van der Waals surface area contributed by atoms with Gasteiger partial charge in [0.15, 0.2) is 9.84 Å². The first kappa shape index (κ1) is 17.7. The van der Waals surface area contributed by atoms with Crippen LogP contribution in [0, 0.1) is 0 Å². The molecule has 2 aliphatic heterocycles. The Morgan fingerprint density at radius 3 is 2.46 bits per heavy atom. The van der Waals surface area contributed by atoms with Gasteiger partial charge in [-0.05, 0) is 36.8 Å². The van der Waals surface area contributed by atoms with E-state index in [0.29, 0.717) is 13.0 Å². The largest absolute Gasteiger partial charge is 0.335 e. The summed E-state index contributed by atoms with van der Waals surface area (Å²) in [6.07, 6.45) is 5.79. The Labute approximate surface area is 155 Å². The summed E-state index contributed by atoms with van der Waals surface area (Å²) in [5, 5.41) is 0. The molecule has 0 radical (unpaired) electrons. The number of benzene rings is 1. The van der Waals surface area contributed by atoms with E-state index in [9.17, 15) is 13.2 Å². The van der Waals surface area contributed by atoms with Gasteiger partial charge in [-0.25, -0.2) is 8.42 Å². The fourth-order valence-electron chi connectivity index (χ4n) is 4.10. The number of nitrogens with zero attached hydrogens (tertiary/aromatic N) is 2. The highest BCUT2D eigenvalue weighted by molar-refractivity contribution is 7.91. The highest BCUT2D eigenvalue weighted by atomic mass is 32.2. The van der Waals surface area contributed by atoms with Gasteiger partial charge in [-0.1, -0.05) is 36.4 Å². The molecular weight excluding hydrogens is 348 g/mol. The summed E-state index contributed by atoms with van der Waals surface area (Å²) in [4.78, 5) is 17.0. The molecule has 3 aliphatic rings. The Kier molecular flexibility index (Phi) is 4.88. The molecule has 140 valence electrons. The van der Waals surface area contributed by atoms with Crippen LogP contribution in [-0.2, 0) is 14.6 Å². The van der Waals surface area contributed by atoms with E-state index in [1.807, 2.05) is 11.0 Å². The number of hydrogen-bond donors (Lipinski definition) is 0. The van der Waals surface area contributed by atoms with Crippen molar-refractivity contribution in [2.75, 3.05) is 31.1 Å². The minimum absolute atomic E-state index is 0.103. The van der Waals surface area contributed by atoms with Crippen molar-refractivity contribution in [2.45, 2.75) is 37.8 Å². The van der Waals surface area contributed by atoms with Crippen LogP contribution in [-0.4, -0.2) is 67.3 Å². The summed E-state index contributed by atoms with van der Waals surface area (Å²) >= 11 is 0. The normalized spacial score (nSPS) is 25.7. The summed E-state index contributed by atoms with van der Waals surface area (Å²) in [6, 6.07) is 10.5. The maximum absolute atomic E-state index is 12.9. The second kappa shape index (κ2) is 7.16. The monoisotopic (exact) mass is 374 g/mol. The first-order valence-electron chi connectivity index (χ1n) is 9.50. The lowest BCUT2D eigenvalue weighted by Crippen LogP contribution is -2.48. The lowest BCUT2D eigenvalue weighted by Gasteiger charge is -2.32. The molecule has 1 aromatic rings. The second-order valence-electron chi connectivity index (χ2n) is 7.67. The van der Waals surface area contributed by atoms with Gasteiger partial charge in [-0.3, -0.25) is 9.69 Å². The van der Waals surface area contributed by atoms with Crippen LogP contribution in [0.25, 0.3) is 5.57 Å². The van der Waals surface area contributed by atoms with Crippen molar-refractivity contribution >= 4 is 21.3 Å².